The number of hydrogen-bond donors (Lipinski definition) is 1. The fourth-order valence-corrected chi connectivity index (χ4v) is 3.52. The van der Waals surface area contributed by atoms with E-state index in [2.05, 4.69) is 27.4 Å². The molecular formula is C21H30O3. The van der Waals surface area contributed by atoms with Crippen molar-refractivity contribution in [1.82, 2.24) is 0 Å². The monoisotopic (exact) mass is 330 g/mol. The number of carbonyl (C=O) groups is 1. The van der Waals surface area contributed by atoms with E-state index in [-0.39, 0.29) is 11.7 Å². The lowest BCUT2D eigenvalue weighted by molar-refractivity contribution is -0.152. The Bertz CT molecular complexity index is 573. The van der Waals surface area contributed by atoms with Gasteiger partial charge in [0.2, 0.25) is 0 Å². The van der Waals surface area contributed by atoms with Crippen LogP contribution in [0.3, 0.4) is 0 Å². The molecule has 0 heterocycles. The van der Waals surface area contributed by atoms with Crippen molar-refractivity contribution in [1.29, 1.82) is 0 Å². The number of rotatable bonds is 5. The molecule has 132 valence electrons. The summed E-state index contributed by atoms with van der Waals surface area (Å²) in [5, 5.41) is 10.4. The largest absolute Gasteiger partial charge is 0.459 e. The van der Waals surface area contributed by atoms with Crippen LogP contribution >= 0.6 is 0 Å². The SMILES string of the molecule is C=C(C(=O)O[C@H]1C[C@@H](C)CC[C@@H]1C(C)C)[C@@H](O)c1ccc(C)cc1. The molecule has 0 bridgehead atoms. The van der Waals surface area contributed by atoms with Crippen molar-refractivity contribution in [2.24, 2.45) is 17.8 Å². The summed E-state index contributed by atoms with van der Waals surface area (Å²) < 4.78 is 5.77. The second-order valence-electron chi connectivity index (χ2n) is 7.61. The molecule has 1 aromatic carbocycles. The quantitative estimate of drug-likeness (QED) is 0.634. The summed E-state index contributed by atoms with van der Waals surface area (Å²) in [7, 11) is 0. The van der Waals surface area contributed by atoms with Gasteiger partial charge in [0.05, 0.1) is 5.57 Å². The Hall–Kier alpha value is -1.61. The minimum Gasteiger partial charge on any atom is -0.459 e. The van der Waals surface area contributed by atoms with Crippen molar-refractivity contribution in [3.8, 4) is 0 Å². The number of benzene rings is 1. The molecule has 0 amide bonds. The highest BCUT2D eigenvalue weighted by Crippen LogP contribution is 2.36. The maximum Gasteiger partial charge on any atom is 0.336 e. The molecule has 3 nitrogen and oxygen atoms in total. The zero-order valence-corrected chi connectivity index (χ0v) is 15.3. The first-order valence-electron chi connectivity index (χ1n) is 8.94. The highest BCUT2D eigenvalue weighted by atomic mass is 16.5. The van der Waals surface area contributed by atoms with E-state index in [1.54, 1.807) is 0 Å². The van der Waals surface area contributed by atoms with Gasteiger partial charge in [-0.05, 0) is 43.1 Å². The number of ether oxygens (including phenoxy) is 1. The molecule has 4 atom stereocenters. The van der Waals surface area contributed by atoms with E-state index in [4.69, 9.17) is 4.74 Å². The van der Waals surface area contributed by atoms with Gasteiger partial charge in [0, 0.05) is 0 Å². The molecule has 1 aliphatic rings. The average molecular weight is 330 g/mol. The van der Waals surface area contributed by atoms with E-state index in [9.17, 15) is 9.90 Å². The standard InChI is InChI=1S/C21H30O3/c1-13(2)18-11-8-15(4)12-19(18)24-21(23)16(5)20(22)17-9-6-14(3)7-10-17/h6-7,9-10,13,15,18-20,22H,5,8,11-12H2,1-4H3/t15-,18+,19-,20+/m0/s1. The second kappa shape index (κ2) is 7.98. The highest BCUT2D eigenvalue weighted by Gasteiger charge is 2.34. The number of aliphatic hydroxyl groups excluding tert-OH is 1. The Labute approximate surface area is 145 Å². The van der Waals surface area contributed by atoms with Crippen molar-refractivity contribution in [3.63, 3.8) is 0 Å². The van der Waals surface area contributed by atoms with Gasteiger partial charge < -0.3 is 9.84 Å². The van der Waals surface area contributed by atoms with Crippen LogP contribution in [0.2, 0.25) is 0 Å². The van der Waals surface area contributed by atoms with Crippen LogP contribution in [0, 0.1) is 24.7 Å². The van der Waals surface area contributed by atoms with E-state index in [0.29, 0.717) is 23.3 Å². The van der Waals surface area contributed by atoms with Gasteiger partial charge in [-0.25, -0.2) is 4.79 Å². The lowest BCUT2D eigenvalue weighted by Gasteiger charge is -2.37. The normalized spacial score (nSPS) is 25.3. The molecule has 0 radical (unpaired) electrons. The average Bonchev–Trinajstić information content (AvgIpc) is 2.54. The van der Waals surface area contributed by atoms with Crippen LogP contribution in [0.25, 0.3) is 0 Å². The lowest BCUT2D eigenvalue weighted by Crippen LogP contribution is -2.36. The minimum atomic E-state index is -1.02. The van der Waals surface area contributed by atoms with Gasteiger partial charge >= 0.3 is 5.97 Å². The number of carbonyl (C=O) groups excluding carboxylic acids is 1. The van der Waals surface area contributed by atoms with Crippen molar-refractivity contribution in [3.05, 3.63) is 47.5 Å². The summed E-state index contributed by atoms with van der Waals surface area (Å²) in [6, 6.07) is 7.46. The first kappa shape index (κ1) is 18.7. The highest BCUT2D eigenvalue weighted by molar-refractivity contribution is 5.89. The number of esters is 1. The maximum absolute atomic E-state index is 12.5. The topological polar surface area (TPSA) is 46.5 Å². The Morgan fingerprint density at radius 1 is 1.25 bits per heavy atom. The summed E-state index contributed by atoms with van der Waals surface area (Å²) in [5.41, 5.74) is 1.88. The predicted octanol–water partition coefficient (Wildman–Crippen LogP) is 4.59. The third-order valence-electron chi connectivity index (χ3n) is 5.21. The van der Waals surface area contributed by atoms with Gasteiger partial charge in [-0.2, -0.15) is 0 Å². The smallest absolute Gasteiger partial charge is 0.336 e. The predicted molar refractivity (Wildman–Crippen MR) is 96.5 cm³/mol. The van der Waals surface area contributed by atoms with Crippen LogP contribution in [0.4, 0.5) is 0 Å². The molecule has 0 spiro atoms. The molecule has 3 heteroatoms. The molecule has 1 fully saturated rings. The van der Waals surface area contributed by atoms with Gasteiger partial charge in [-0.3, -0.25) is 0 Å². The van der Waals surface area contributed by atoms with Crippen molar-refractivity contribution in [2.75, 3.05) is 0 Å². The van der Waals surface area contributed by atoms with Crippen LogP contribution in [-0.2, 0) is 9.53 Å². The molecule has 1 saturated carbocycles. The number of aryl methyl sites for hydroxylation is 1. The van der Waals surface area contributed by atoms with E-state index >= 15 is 0 Å². The second-order valence-corrected chi connectivity index (χ2v) is 7.61. The van der Waals surface area contributed by atoms with Gasteiger partial charge in [0.15, 0.2) is 0 Å². The Morgan fingerprint density at radius 3 is 2.46 bits per heavy atom. The van der Waals surface area contributed by atoms with Crippen molar-refractivity contribution in [2.45, 2.75) is 59.2 Å². The van der Waals surface area contributed by atoms with Crippen LogP contribution in [0.15, 0.2) is 36.4 Å². The fourth-order valence-electron chi connectivity index (χ4n) is 3.52. The van der Waals surface area contributed by atoms with Crippen LogP contribution in [0.5, 0.6) is 0 Å². The van der Waals surface area contributed by atoms with Crippen molar-refractivity contribution < 1.29 is 14.6 Å². The molecule has 0 saturated heterocycles. The first-order valence-corrected chi connectivity index (χ1v) is 8.94. The summed E-state index contributed by atoms with van der Waals surface area (Å²) in [4.78, 5) is 12.5. The Kier molecular flexibility index (Phi) is 6.22. The molecule has 0 unspecified atom stereocenters. The van der Waals surface area contributed by atoms with Gasteiger partial charge in [0.25, 0.3) is 0 Å². The summed E-state index contributed by atoms with van der Waals surface area (Å²) in [6.07, 6.45) is 2.07. The summed E-state index contributed by atoms with van der Waals surface area (Å²) >= 11 is 0. The minimum absolute atomic E-state index is 0.0804. The molecule has 1 aliphatic carbocycles. The Morgan fingerprint density at radius 2 is 1.88 bits per heavy atom. The molecule has 0 aliphatic heterocycles. The summed E-state index contributed by atoms with van der Waals surface area (Å²) in [6.45, 7) is 12.3. The van der Waals surface area contributed by atoms with Gasteiger partial charge in [-0.1, -0.05) is 63.6 Å². The third kappa shape index (κ3) is 4.47. The van der Waals surface area contributed by atoms with E-state index in [0.717, 1.165) is 18.4 Å². The zero-order valence-electron chi connectivity index (χ0n) is 15.3. The Balaban J connectivity index is 2.04. The van der Waals surface area contributed by atoms with Crippen LogP contribution < -0.4 is 0 Å². The van der Waals surface area contributed by atoms with E-state index < -0.39 is 12.1 Å². The van der Waals surface area contributed by atoms with Crippen LogP contribution in [-0.4, -0.2) is 17.2 Å². The number of aliphatic hydroxyl groups is 1. The fraction of sp³-hybridized carbons (Fsp3) is 0.571. The van der Waals surface area contributed by atoms with Crippen LogP contribution in [0.1, 0.15) is 57.3 Å². The van der Waals surface area contributed by atoms with E-state index in [1.807, 2.05) is 31.2 Å². The molecule has 1 N–H and O–H groups in total. The lowest BCUT2D eigenvalue weighted by atomic mass is 9.75. The van der Waals surface area contributed by atoms with E-state index in [1.165, 1.54) is 6.42 Å². The molecular weight excluding hydrogens is 300 g/mol. The zero-order chi connectivity index (χ0) is 17.9. The molecule has 0 aromatic heterocycles. The van der Waals surface area contributed by atoms with Gasteiger partial charge in [0.1, 0.15) is 12.2 Å². The number of hydrogen-bond acceptors (Lipinski definition) is 3. The van der Waals surface area contributed by atoms with Crippen molar-refractivity contribution >= 4 is 5.97 Å². The maximum atomic E-state index is 12.5. The molecule has 24 heavy (non-hydrogen) atoms. The third-order valence-corrected chi connectivity index (χ3v) is 5.21. The molecule has 2 rings (SSSR count). The summed E-state index contributed by atoms with van der Waals surface area (Å²) in [5.74, 6) is 0.945. The first-order chi connectivity index (χ1) is 11.3. The van der Waals surface area contributed by atoms with Gasteiger partial charge in [-0.15, -0.1) is 0 Å². The molecule has 1 aromatic rings.